The molecule has 0 radical (unpaired) electrons. The van der Waals surface area contributed by atoms with Gasteiger partial charge in [0.25, 0.3) is 0 Å². The first kappa shape index (κ1) is 13.1. The number of aryl methyl sites for hydroxylation is 2. The van der Waals surface area contributed by atoms with Crippen molar-refractivity contribution in [2.24, 2.45) is 0 Å². The van der Waals surface area contributed by atoms with Crippen molar-refractivity contribution in [1.29, 1.82) is 0 Å². The molecule has 0 aliphatic carbocycles. The standard InChI is InChI=1S/C14H14ClFN4/c1-10(15)14-18-13-11(16)3-2-4-12(13)20(14)8-7-19-6-5-17-9-19/h2-6,9-10H,7-8H2,1H3. The van der Waals surface area contributed by atoms with E-state index in [0.29, 0.717) is 17.9 Å². The monoisotopic (exact) mass is 292 g/mol. The zero-order valence-electron chi connectivity index (χ0n) is 11.0. The maximum absolute atomic E-state index is 13.8. The van der Waals surface area contributed by atoms with E-state index in [1.165, 1.54) is 6.07 Å². The molecule has 0 spiro atoms. The van der Waals surface area contributed by atoms with Gasteiger partial charge in [0, 0.05) is 25.5 Å². The number of halogens is 2. The van der Waals surface area contributed by atoms with Crippen molar-refractivity contribution >= 4 is 22.6 Å². The second-order valence-electron chi connectivity index (χ2n) is 4.65. The van der Waals surface area contributed by atoms with E-state index in [9.17, 15) is 4.39 Å². The van der Waals surface area contributed by atoms with Crippen LogP contribution >= 0.6 is 11.6 Å². The summed E-state index contributed by atoms with van der Waals surface area (Å²) in [6.45, 7) is 3.25. The van der Waals surface area contributed by atoms with Crippen LogP contribution in [0.5, 0.6) is 0 Å². The topological polar surface area (TPSA) is 35.6 Å². The van der Waals surface area contributed by atoms with Gasteiger partial charge in [0.15, 0.2) is 5.82 Å². The Morgan fingerprint density at radius 3 is 2.90 bits per heavy atom. The van der Waals surface area contributed by atoms with Crippen molar-refractivity contribution < 1.29 is 4.39 Å². The second kappa shape index (κ2) is 5.25. The van der Waals surface area contributed by atoms with Crippen LogP contribution < -0.4 is 0 Å². The molecule has 6 heteroatoms. The Balaban J connectivity index is 2.02. The third kappa shape index (κ3) is 2.29. The molecule has 4 nitrogen and oxygen atoms in total. The summed E-state index contributed by atoms with van der Waals surface area (Å²) < 4.78 is 17.8. The van der Waals surface area contributed by atoms with Gasteiger partial charge in [0.1, 0.15) is 11.3 Å². The Hall–Kier alpha value is -1.88. The summed E-state index contributed by atoms with van der Waals surface area (Å²) >= 11 is 6.17. The van der Waals surface area contributed by atoms with Crippen LogP contribution in [0, 0.1) is 5.82 Å². The fraction of sp³-hybridized carbons (Fsp3) is 0.286. The summed E-state index contributed by atoms with van der Waals surface area (Å²) in [5.41, 5.74) is 1.15. The van der Waals surface area contributed by atoms with E-state index in [1.54, 1.807) is 18.6 Å². The SMILES string of the molecule is CC(Cl)c1nc2c(F)cccc2n1CCn1ccnc1. The van der Waals surface area contributed by atoms with Crippen LogP contribution in [0.25, 0.3) is 11.0 Å². The van der Waals surface area contributed by atoms with Crippen molar-refractivity contribution in [3.05, 3.63) is 48.6 Å². The summed E-state index contributed by atoms with van der Waals surface area (Å²) in [7, 11) is 0. The molecular weight excluding hydrogens is 279 g/mol. The summed E-state index contributed by atoms with van der Waals surface area (Å²) in [6, 6.07) is 4.97. The lowest BCUT2D eigenvalue weighted by atomic mass is 10.3. The highest BCUT2D eigenvalue weighted by atomic mass is 35.5. The van der Waals surface area contributed by atoms with Crippen LogP contribution in [0.15, 0.2) is 36.9 Å². The van der Waals surface area contributed by atoms with Crippen LogP contribution in [0.2, 0.25) is 0 Å². The summed E-state index contributed by atoms with van der Waals surface area (Å²) in [4.78, 5) is 8.35. The number of alkyl halides is 1. The van der Waals surface area contributed by atoms with E-state index in [2.05, 4.69) is 9.97 Å². The van der Waals surface area contributed by atoms with Crippen LogP contribution in [-0.4, -0.2) is 19.1 Å². The van der Waals surface area contributed by atoms with Gasteiger partial charge in [-0.2, -0.15) is 0 Å². The number of nitrogens with zero attached hydrogens (tertiary/aromatic N) is 4. The van der Waals surface area contributed by atoms with Gasteiger partial charge in [-0.3, -0.25) is 0 Å². The second-order valence-corrected chi connectivity index (χ2v) is 5.30. The quantitative estimate of drug-likeness (QED) is 0.691. The molecule has 0 bridgehead atoms. The maximum atomic E-state index is 13.8. The molecule has 2 aromatic heterocycles. The number of rotatable bonds is 4. The van der Waals surface area contributed by atoms with E-state index in [0.717, 1.165) is 12.1 Å². The first-order valence-electron chi connectivity index (χ1n) is 6.41. The smallest absolute Gasteiger partial charge is 0.151 e. The van der Waals surface area contributed by atoms with Crippen molar-refractivity contribution in [3.63, 3.8) is 0 Å². The number of aromatic nitrogens is 4. The minimum absolute atomic E-state index is 0.274. The molecule has 104 valence electrons. The van der Waals surface area contributed by atoms with Crippen LogP contribution in [0.3, 0.4) is 0 Å². The highest BCUT2D eigenvalue weighted by Gasteiger charge is 2.16. The Morgan fingerprint density at radius 2 is 2.20 bits per heavy atom. The van der Waals surface area contributed by atoms with E-state index in [1.807, 2.05) is 28.3 Å². The average Bonchev–Trinajstić information content (AvgIpc) is 3.03. The van der Waals surface area contributed by atoms with E-state index in [-0.39, 0.29) is 11.2 Å². The number of fused-ring (bicyclic) bond motifs is 1. The Labute approximate surface area is 120 Å². The lowest BCUT2D eigenvalue weighted by Gasteiger charge is -2.10. The highest BCUT2D eigenvalue weighted by Crippen LogP contribution is 2.26. The number of hydrogen-bond acceptors (Lipinski definition) is 2. The average molecular weight is 293 g/mol. The molecule has 2 heterocycles. The van der Waals surface area contributed by atoms with Gasteiger partial charge >= 0.3 is 0 Å². The van der Waals surface area contributed by atoms with E-state index in [4.69, 9.17) is 11.6 Å². The molecule has 1 unspecified atom stereocenters. The molecule has 1 aromatic carbocycles. The Bertz CT molecular complexity index is 718. The van der Waals surface area contributed by atoms with Crippen LogP contribution in [-0.2, 0) is 13.1 Å². The zero-order chi connectivity index (χ0) is 14.1. The normalized spacial score (nSPS) is 12.9. The van der Waals surface area contributed by atoms with Gasteiger partial charge < -0.3 is 9.13 Å². The van der Waals surface area contributed by atoms with Gasteiger partial charge in [-0.15, -0.1) is 11.6 Å². The van der Waals surface area contributed by atoms with Crippen molar-refractivity contribution in [2.45, 2.75) is 25.4 Å². The minimum atomic E-state index is -0.317. The first-order valence-corrected chi connectivity index (χ1v) is 6.85. The number of hydrogen-bond donors (Lipinski definition) is 0. The molecule has 0 saturated heterocycles. The zero-order valence-corrected chi connectivity index (χ0v) is 11.8. The molecule has 1 atom stereocenters. The number of benzene rings is 1. The molecule has 0 fully saturated rings. The van der Waals surface area contributed by atoms with E-state index >= 15 is 0 Å². The molecule has 20 heavy (non-hydrogen) atoms. The van der Waals surface area contributed by atoms with Crippen molar-refractivity contribution in [2.75, 3.05) is 0 Å². The predicted molar refractivity (Wildman–Crippen MR) is 76.2 cm³/mol. The van der Waals surface area contributed by atoms with Crippen LogP contribution in [0.4, 0.5) is 4.39 Å². The highest BCUT2D eigenvalue weighted by molar-refractivity contribution is 6.20. The fourth-order valence-electron chi connectivity index (χ4n) is 2.30. The van der Waals surface area contributed by atoms with E-state index < -0.39 is 0 Å². The molecule has 0 amide bonds. The molecule has 0 saturated carbocycles. The van der Waals surface area contributed by atoms with Gasteiger partial charge in [-0.25, -0.2) is 14.4 Å². The minimum Gasteiger partial charge on any atom is -0.336 e. The third-order valence-corrected chi connectivity index (χ3v) is 3.45. The number of imidazole rings is 2. The van der Waals surface area contributed by atoms with Gasteiger partial charge in [0.05, 0.1) is 17.2 Å². The first-order chi connectivity index (χ1) is 9.66. The van der Waals surface area contributed by atoms with Crippen molar-refractivity contribution in [3.8, 4) is 0 Å². The molecule has 3 aromatic rings. The Morgan fingerprint density at radius 1 is 1.35 bits per heavy atom. The van der Waals surface area contributed by atoms with Crippen molar-refractivity contribution in [1.82, 2.24) is 19.1 Å². The predicted octanol–water partition coefficient (Wildman–Crippen LogP) is 3.37. The lowest BCUT2D eigenvalue weighted by Crippen LogP contribution is -2.09. The number of para-hydroxylation sites is 1. The Kier molecular flexibility index (Phi) is 3.44. The summed E-state index contributed by atoms with van der Waals surface area (Å²) in [5.74, 6) is 0.370. The van der Waals surface area contributed by atoms with Gasteiger partial charge in [0.2, 0.25) is 0 Å². The molecule has 0 aliphatic rings. The fourth-order valence-corrected chi connectivity index (χ4v) is 2.47. The summed E-state index contributed by atoms with van der Waals surface area (Å²) in [6.07, 6.45) is 5.38. The lowest BCUT2D eigenvalue weighted by molar-refractivity contribution is 0.569. The maximum Gasteiger partial charge on any atom is 0.151 e. The van der Waals surface area contributed by atoms with Gasteiger partial charge in [-0.05, 0) is 19.1 Å². The van der Waals surface area contributed by atoms with Gasteiger partial charge in [-0.1, -0.05) is 6.07 Å². The third-order valence-electron chi connectivity index (χ3n) is 3.26. The molecular formula is C14H14ClFN4. The largest absolute Gasteiger partial charge is 0.336 e. The van der Waals surface area contributed by atoms with Crippen LogP contribution in [0.1, 0.15) is 18.1 Å². The molecule has 3 rings (SSSR count). The summed E-state index contributed by atoms with van der Waals surface area (Å²) in [5, 5.41) is -0.274. The molecule has 0 N–H and O–H groups in total. The molecule has 0 aliphatic heterocycles.